The lowest BCUT2D eigenvalue weighted by Gasteiger charge is -2.05. The number of nitrogens with one attached hydrogen (secondary N) is 2. The van der Waals surface area contributed by atoms with Crippen LogP contribution in [-0.4, -0.2) is 29.5 Å². The highest BCUT2D eigenvalue weighted by Gasteiger charge is 2.11. The summed E-state index contributed by atoms with van der Waals surface area (Å²) in [7, 11) is 0. The van der Waals surface area contributed by atoms with E-state index >= 15 is 0 Å². The molecule has 8 heteroatoms. The van der Waals surface area contributed by atoms with E-state index in [1.54, 1.807) is 0 Å². The third-order valence-corrected chi connectivity index (χ3v) is 5.66. The van der Waals surface area contributed by atoms with E-state index in [2.05, 4.69) is 35.6 Å². The van der Waals surface area contributed by atoms with Gasteiger partial charge in [0.2, 0.25) is 0 Å². The maximum absolute atomic E-state index is 6.03. The molecule has 3 heterocycles. The number of hydrogen-bond acceptors (Lipinski definition) is 3. The molecular formula is C24H20Cl2N6. The van der Waals surface area contributed by atoms with Crippen LogP contribution in [0.25, 0.3) is 33.1 Å². The molecule has 0 aliphatic carbocycles. The fourth-order valence-corrected chi connectivity index (χ4v) is 4.03. The van der Waals surface area contributed by atoms with Gasteiger partial charge in [-0.1, -0.05) is 36.4 Å². The Morgan fingerprint density at radius 1 is 0.625 bits per heavy atom. The normalized spacial score (nSPS) is 11.2. The van der Waals surface area contributed by atoms with Crippen LogP contribution in [0.3, 0.4) is 0 Å². The van der Waals surface area contributed by atoms with Gasteiger partial charge in [0.15, 0.2) is 0 Å². The average Bonchev–Trinajstić information content (AvgIpc) is 3.54. The van der Waals surface area contributed by atoms with Crippen LogP contribution in [0.5, 0.6) is 0 Å². The van der Waals surface area contributed by atoms with Gasteiger partial charge in [0, 0.05) is 0 Å². The lowest BCUT2D eigenvalue weighted by molar-refractivity contribution is 0.745. The zero-order valence-corrected chi connectivity index (χ0v) is 18.6. The maximum Gasteiger partial charge on any atom is 0.127 e. The summed E-state index contributed by atoms with van der Waals surface area (Å²) in [5, 5.41) is 0. The van der Waals surface area contributed by atoms with Crippen LogP contribution in [0.2, 0.25) is 0 Å². The number of fused-ring (bicyclic) bond motifs is 3. The molecule has 3 aromatic heterocycles. The molecule has 6 rings (SSSR count). The smallest absolute Gasteiger partial charge is 0.127 e. The minimum atomic E-state index is 0.384. The van der Waals surface area contributed by atoms with Crippen molar-refractivity contribution < 1.29 is 0 Å². The van der Waals surface area contributed by atoms with E-state index in [1.807, 2.05) is 66.7 Å². The largest absolute Gasteiger partial charge is 0.341 e. The van der Waals surface area contributed by atoms with Crippen molar-refractivity contribution in [3.8, 4) is 0 Å². The second kappa shape index (κ2) is 9.02. The molecule has 0 aliphatic rings. The lowest BCUT2D eigenvalue weighted by Crippen LogP contribution is -2.05. The van der Waals surface area contributed by atoms with Gasteiger partial charge in [-0.15, -0.1) is 23.2 Å². The number of aromatic nitrogens is 6. The molecule has 32 heavy (non-hydrogen) atoms. The molecule has 0 spiro atoms. The third kappa shape index (κ3) is 4.07. The van der Waals surface area contributed by atoms with Crippen molar-refractivity contribution in [1.82, 2.24) is 29.5 Å². The highest BCUT2D eigenvalue weighted by molar-refractivity contribution is 6.17. The summed E-state index contributed by atoms with van der Waals surface area (Å²) in [5.41, 5.74) is 6.08. The minimum absolute atomic E-state index is 0.384. The average molecular weight is 463 g/mol. The van der Waals surface area contributed by atoms with Crippen molar-refractivity contribution in [1.29, 1.82) is 0 Å². The highest BCUT2D eigenvalue weighted by Crippen LogP contribution is 2.19. The Morgan fingerprint density at radius 2 is 1.19 bits per heavy atom. The summed E-state index contributed by atoms with van der Waals surface area (Å²) >= 11 is 11.6. The molecule has 6 nitrogen and oxygen atoms in total. The van der Waals surface area contributed by atoms with Crippen molar-refractivity contribution in [2.75, 3.05) is 0 Å². The fourth-order valence-electron chi connectivity index (χ4n) is 3.70. The van der Waals surface area contributed by atoms with Gasteiger partial charge >= 0.3 is 0 Å². The third-order valence-electron chi connectivity index (χ3n) is 5.16. The van der Waals surface area contributed by atoms with Gasteiger partial charge in [-0.2, -0.15) is 0 Å². The van der Waals surface area contributed by atoms with E-state index in [9.17, 15) is 0 Å². The SMILES string of the molecule is ClCc1nc2ccccc2[nH]1.ClCc1nc2ccccc2n1Cc1nc2ccccc2[nH]1. The maximum atomic E-state index is 6.03. The topological polar surface area (TPSA) is 75.2 Å². The van der Waals surface area contributed by atoms with Gasteiger partial charge in [-0.3, -0.25) is 0 Å². The number of imidazole rings is 3. The van der Waals surface area contributed by atoms with Crippen LogP contribution in [0.15, 0.2) is 72.8 Å². The summed E-state index contributed by atoms with van der Waals surface area (Å²) in [6.45, 7) is 0.636. The van der Waals surface area contributed by atoms with Gasteiger partial charge in [-0.25, -0.2) is 15.0 Å². The predicted molar refractivity (Wildman–Crippen MR) is 130 cm³/mol. The van der Waals surface area contributed by atoms with E-state index in [0.29, 0.717) is 18.3 Å². The monoisotopic (exact) mass is 462 g/mol. The molecule has 0 radical (unpaired) electrons. The number of halogens is 2. The van der Waals surface area contributed by atoms with Gasteiger partial charge in [0.1, 0.15) is 17.5 Å². The van der Waals surface area contributed by atoms with Gasteiger partial charge in [-0.05, 0) is 36.4 Å². The zero-order chi connectivity index (χ0) is 21.9. The summed E-state index contributed by atoms with van der Waals surface area (Å²) in [4.78, 5) is 19.9. The van der Waals surface area contributed by atoms with E-state index in [-0.39, 0.29) is 0 Å². The summed E-state index contributed by atoms with van der Waals surface area (Å²) in [5.74, 6) is 3.42. The first-order chi connectivity index (χ1) is 15.7. The van der Waals surface area contributed by atoms with Gasteiger partial charge in [0.05, 0.1) is 51.4 Å². The molecule has 0 unspecified atom stereocenters. The first kappa shape index (κ1) is 20.5. The van der Waals surface area contributed by atoms with Crippen LogP contribution in [0.1, 0.15) is 17.5 Å². The second-order valence-corrected chi connectivity index (χ2v) is 7.81. The van der Waals surface area contributed by atoms with Gasteiger partial charge in [0.25, 0.3) is 0 Å². The van der Waals surface area contributed by atoms with E-state index in [1.165, 1.54) is 0 Å². The molecule has 0 amide bonds. The van der Waals surface area contributed by atoms with E-state index < -0.39 is 0 Å². The van der Waals surface area contributed by atoms with Crippen molar-refractivity contribution in [3.05, 3.63) is 90.3 Å². The van der Waals surface area contributed by atoms with Crippen molar-refractivity contribution in [2.24, 2.45) is 0 Å². The number of benzene rings is 3. The van der Waals surface area contributed by atoms with Crippen molar-refractivity contribution in [2.45, 2.75) is 18.3 Å². The number of para-hydroxylation sites is 6. The van der Waals surface area contributed by atoms with Crippen LogP contribution in [-0.2, 0) is 18.3 Å². The number of alkyl halides is 2. The Morgan fingerprint density at radius 3 is 1.81 bits per heavy atom. The molecule has 0 saturated carbocycles. The number of H-pyrrole nitrogens is 2. The molecule has 160 valence electrons. The van der Waals surface area contributed by atoms with Crippen LogP contribution < -0.4 is 0 Å². The predicted octanol–water partition coefficient (Wildman–Crippen LogP) is 6.00. The number of hydrogen-bond donors (Lipinski definition) is 2. The Bertz CT molecular complexity index is 1430. The summed E-state index contributed by atoms with van der Waals surface area (Å²) < 4.78 is 2.11. The van der Waals surface area contributed by atoms with E-state index in [4.69, 9.17) is 23.2 Å². The quantitative estimate of drug-likeness (QED) is 0.315. The molecule has 3 aromatic carbocycles. The first-order valence-corrected chi connectivity index (χ1v) is 11.3. The first-order valence-electron chi connectivity index (χ1n) is 10.2. The molecule has 0 aliphatic heterocycles. The summed E-state index contributed by atoms with van der Waals surface area (Å²) in [6.07, 6.45) is 0. The van der Waals surface area contributed by atoms with Gasteiger partial charge < -0.3 is 14.5 Å². The Labute approximate surface area is 194 Å². The molecule has 0 saturated heterocycles. The lowest BCUT2D eigenvalue weighted by atomic mass is 10.3. The fraction of sp³-hybridized carbons (Fsp3) is 0.125. The van der Waals surface area contributed by atoms with Crippen LogP contribution in [0.4, 0.5) is 0 Å². The highest BCUT2D eigenvalue weighted by atomic mass is 35.5. The molecule has 0 bridgehead atoms. The second-order valence-electron chi connectivity index (χ2n) is 7.27. The molecular weight excluding hydrogens is 443 g/mol. The Kier molecular flexibility index (Phi) is 5.79. The summed E-state index contributed by atoms with van der Waals surface area (Å²) in [6, 6.07) is 24.0. The Hall–Kier alpha value is -3.35. The molecule has 6 aromatic rings. The van der Waals surface area contributed by atoms with E-state index in [0.717, 1.165) is 50.6 Å². The van der Waals surface area contributed by atoms with Crippen molar-refractivity contribution in [3.63, 3.8) is 0 Å². The van der Waals surface area contributed by atoms with Crippen LogP contribution >= 0.6 is 23.2 Å². The number of nitrogens with zero attached hydrogens (tertiary/aromatic N) is 4. The molecule has 0 fully saturated rings. The van der Waals surface area contributed by atoms with Crippen molar-refractivity contribution >= 4 is 56.3 Å². The standard InChI is InChI=1S/C16H13ClN4.C8H7ClN2/c17-9-16-20-13-7-3-4-8-14(13)21(16)10-15-18-11-5-1-2-6-12(11)19-15;9-5-8-10-6-3-1-2-4-7(6)11-8/h1-8H,9-10H2,(H,18,19);1-4H,5H2,(H,10,11). The zero-order valence-electron chi connectivity index (χ0n) is 17.1. The number of rotatable bonds is 4. The minimum Gasteiger partial charge on any atom is -0.341 e. The Balaban J connectivity index is 0.000000165. The molecule has 2 N–H and O–H groups in total. The number of aromatic amines is 2. The van der Waals surface area contributed by atoms with Crippen LogP contribution in [0, 0.1) is 0 Å². The molecule has 0 atom stereocenters.